The van der Waals surface area contributed by atoms with Crippen LogP contribution in [0.1, 0.15) is 0 Å². The van der Waals surface area contributed by atoms with E-state index in [1.807, 2.05) is 0 Å². The molecule has 0 aliphatic heterocycles. The van der Waals surface area contributed by atoms with Crippen molar-refractivity contribution in [3.8, 4) is 16.9 Å². The fourth-order valence-corrected chi connectivity index (χ4v) is 1.82. The molecule has 6 heteroatoms. The van der Waals surface area contributed by atoms with Crippen molar-refractivity contribution in [1.29, 1.82) is 0 Å². The van der Waals surface area contributed by atoms with Gasteiger partial charge in [-0.25, -0.2) is 8.91 Å². The van der Waals surface area contributed by atoms with E-state index in [4.69, 9.17) is 5.73 Å². The zero-order chi connectivity index (χ0) is 12.7. The Balaban J connectivity index is 2.27. The van der Waals surface area contributed by atoms with Gasteiger partial charge < -0.3 is 10.8 Å². The van der Waals surface area contributed by atoms with Crippen LogP contribution in [0, 0.1) is 5.82 Å². The van der Waals surface area contributed by atoms with Gasteiger partial charge in [-0.3, -0.25) is 0 Å². The summed E-state index contributed by atoms with van der Waals surface area (Å²) in [5.41, 5.74) is 7.37. The van der Waals surface area contributed by atoms with E-state index in [1.54, 1.807) is 24.4 Å². The third kappa shape index (κ3) is 1.55. The largest absolute Gasteiger partial charge is 0.505 e. The van der Waals surface area contributed by atoms with Gasteiger partial charge in [0, 0.05) is 11.8 Å². The van der Waals surface area contributed by atoms with Crippen LogP contribution in [0.15, 0.2) is 36.5 Å². The minimum absolute atomic E-state index is 0.154. The number of aromatic hydroxyl groups is 1. The van der Waals surface area contributed by atoms with Gasteiger partial charge in [-0.15, -0.1) is 5.10 Å². The first kappa shape index (κ1) is 10.5. The molecule has 0 atom stereocenters. The number of anilines is 1. The highest BCUT2D eigenvalue weighted by atomic mass is 19.1. The molecule has 5 nitrogen and oxygen atoms in total. The van der Waals surface area contributed by atoms with Crippen LogP contribution in [0.2, 0.25) is 0 Å². The Bertz CT molecular complexity index is 738. The lowest BCUT2D eigenvalue weighted by atomic mass is 10.1. The molecule has 0 radical (unpaired) electrons. The molecule has 2 heterocycles. The van der Waals surface area contributed by atoms with Crippen molar-refractivity contribution in [2.75, 3.05) is 5.73 Å². The second-order valence-corrected chi connectivity index (χ2v) is 3.83. The Kier molecular flexibility index (Phi) is 2.16. The molecule has 1 aromatic carbocycles. The Morgan fingerprint density at radius 3 is 2.89 bits per heavy atom. The predicted molar refractivity (Wildman–Crippen MR) is 64.5 cm³/mol. The monoisotopic (exact) mass is 244 g/mol. The van der Waals surface area contributed by atoms with E-state index in [9.17, 15) is 9.50 Å². The molecule has 0 bridgehead atoms. The third-order valence-electron chi connectivity index (χ3n) is 2.64. The molecule has 0 fully saturated rings. The minimum Gasteiger partial charge on any atom is -0.505 e. The summed E-state index contributed by atoms with van der Waals surface area (Å²) in [5, 5.41) is 13.2. The summed E-state index contributed by atoms with van der Waals surface area (Å²) >= 11 is 0. The summed E-state index contributed by atoms with van der Waals surface area (Å²) in [4.78, 5) is 4.09. The normalized spacial score (nSPS) is 10.9. The topological polar surface area (TPSA) is 76.4 Å². The zero-order valence-electron chi connectivity index (χ0n) is 9.21. The average molecular weight is 244 g/mol. The summed E-state index contributed by atoms with van der Waals surface area (Å²) in [6, 6.07) is 7.71. The smallest absolute Gasteiger partial charge is 0.240 e. The SMILES string of the molecule is Nc1nc2c(-c3ccc(O)c(F)c3)cccn2n1. The van der Waals surface area contributed by atoms with E-state index in [1.165, 1.54) is 16.6 Å². The number of pyridine rings is 1. The van der Waals surface area contributed by atoms with Crippen molar-refractivity contribution < 1.29 is 9.50 Å². The molecular weight excluding hydrogens is 235 g/mol. The Labute approximate surface area is 101 Å². The van der Waals surface area contributed by atoms with E-state index in [2.05, 4.69) is 10.1 Å². The summed E-state index contributed by atoms with van der Waals surface area (Å²) in [5.74, 6) is -0.907. The standard InChI is InChI=1S/C12H9FN4O/c13-9-6-7(3-4-10(9)18)8-2-1-5-17-11(8)15-12(14)16-17/h1-6,18H,(H2,14,16). The molecule has 0 aliphatic carbocycles. The molecule has 0 spiro atoms. The van der Waals surface area contributed by atoms with Gasteiger partial charge in [0.25, 0.3) is 0 Å². The summed E-state index contributed by atoms with van der Waals surface area (Å²) in [6.07, 6.45) is 1.71. The van der Waals surface area contributed by atoms with Crippen LogP contribution in [0.25, 0.3) is 16.8 Å². The molecular formula is C12H9FN4O. The first-order valence-corrected chi connectivity index (χ1v) is 5.25. The van der Waals surface area contributed by atoms with Gasteiger partial charge in [0.1, 0.15) is 0 Å². The van der Waals surface area contributed by atoms with Gasteiger partial charge >= 0.3 is 0 Å². The van der Waals surface area contributed by atoms with E-state index in [0.29, 0.717) is 16.8 Å². The number of nitrogen functional groups attached to an aromatic ring is 1. The van der Waals surface area contributed by atoms with Gasteiger partial charge in [-0.1, -0.05) is 6.07 Å². The number of rotatable bonds is 1. The zero-order valence-corrected chi connectivity index (χ0v) is 9.21. The Hall–Kier alpha value is -2.63. The highest BCUT2D eigenvalue weighted by Gasteiger charge is 2.10. The van der Waals surface area contributed by atoms with Crippen molar-refractivity contribution in [2.24, 2.45) is 0 Å². The van der Waals surface area contributed by atoms with Crippen molar-refractivity contribution >= 4 is 11.6 Å². The van der Waals surface area contributed by atoms with Gasteiger partial charge in [0.2, 0.25) is 5.95 Å². The van der Waals surface area contributed by atoms with E-state index >= 15 is 0 Å². The van der Waals surface area contributed by atoms with Crippen LogP contribution in [-0.4, -0.2) is 19.7 Å². The molecule has 0 aliphatic rings. The highest BCUT2D eigenvalue weighted by Crippen LogP contribution is 2.27. The van der Waals surface area contributed by atoms with E-state index in [0.717, 1.165) is 0 Å². The fourth-order valence-electron chi connectivity index (χ4n) is 1.82. The second kappa shape index (κ2) is 3.69. The number of phenolic OH excluding ortho intramolecular Hbond substituents is 1. The van der Waals surface area contributed by atoms with Crippen molar-refractivity contribution in [1.82, 2.24) is 14.6 Å². The van der Waals surface area contributed by atoms with Crippen LogP contribution in [0.3, 0.4) is 0 Å². The average Bonchev–Trinajstić information content (AvgIpc) is 2.72. The number of hydrogen-bond donors (Lipinski definition) is 2. The van der Waals surface area contributed by atoms with Crippen molar-refractivity contribution in [2.45, 2.75) is 0 Å². The highest BCUT2D eigenvalue weighted by molar-refractivity contribution is 5.78. The number of benzene rings is 1. The number of nitrogens with zero attached hydrogens (tertiary/aromatic N) is 3. The summed E-state index contributed by atoms with van der Waals surface area (Å²) in [7, 11) is 0. The van der Waals surface area contributed by atoms with Crippen LogP contribution < -0.4 is 5.73 Å². The maximum atomic E-state index is 13.4. The van der Waals surface area contributed by atoms with Gasteiger partial charge in [-0.2, -0.15) is 4.98 Å². The predicted octanol–water partition coefficient (Wildman–Crippen LogP) is 1.82. The van der Waals surface area contributed by atoms with Crippen LogP contribution in [-0.2, 0) is 0 Å². The van der Waals surface area contributed by atoms with Crippen LogP contribution in [0.5, 0.6) is 5.75 Å². The van der Waals surface area contributed by atoms with Crippen LogP contribution in [0.4, 0.5) is 10.3 Å². The number of aromatic nitrogens is 3. The summed E-state index contributed by atoms with van der Waals surface area (Å²) in [6.45, 7) is 0. The molecule has 0 amide bonds. The van der Waals surface area contributed by atoms with Crippen molar-refractivity contribution in [3.63, 3.8) is 0 Å². The molecule has 2 aromatic heterocycles. The second-order valence-electron chi connectivity index (χ2n) is 3.83. The van der Waals surface area contributed by atoms with E-state index < -0.39 is 5.82 Å². The van der Waals surface area contributed by atoms with E-state index in [-0.39, 0.29) is 11.7 Å². The lowest BCUT2D eigenvalue weighted by Crippen LogP contribution is -1.90. The quantitative estimate of drug-likeness (QED) is 0.684. The number of halogens is 1. The number of phenols is 1. The molecule has 90 valence electrons. The lowest BCUT2D eigenvalue weighted by Gasteiger charge is -2.03. The molecule has 18 heavy (non-hydrogen) atoms. The molecule has 3 rings (SSSR count). The van der Waals surface area contributed by atoms with Gasteiger partial charge in [0.15, 0.2) is 17.2 Å². The molecule has 3 aromatic rings. The molecule has 0 saturated carbocycles. The third-order valence-corrected chi connectivity index (χ3v) is 2.64. The minimum atomic E-state index is -0.679. The molecule has 0 unspecified atom stereocenters. The number of hydrogen-bond acceptors (Lipinski definition) is 4. The first-order chi connectivity index (χ1) is 8.65. The maximum absolute atomic E-state index is 13.4. The maximum Gasteiger partial charge on any atom is 0.240 e. The molecule has 0 saturated heterocycles. The lowest BCUT2D eigenvalue weighted by molar-refractivity contribution is 0.432. The van der Waals surface area contributed by atoms with Crippen LogP contribution >= 0.6 is 0 Å². The fraction of sp³-hybridized carbons (Fsp3) is 0. The summed E-state index contributed by atoms with van der Waals surface area (Å²) < 4.78 is 14.9. The first-order valence-electron chi connectivity index (χ1n) is 5.25. The number of nitrogens with two attached hydrogens (primary N) is 1. The molecule has 3 N–H and O–H groups in total. The Morgan fingerprint density at radius 2 is 2.11 bits per heavy atom. The van der Waals surface area contributed by atoms with Gasteiger partial charge in [0.05, 0.1) is 0 Å². The van der Waals surface area contributed by atoms with Crippen molar-refractivity contribution in [3.05, 3.63) is 42.3 Å². The Morgan fingerprint density at radius 1 is 1.28 bits per heavy atom. The van der Waals surface area contributed by atoms with Gasteiger partial charge in [-0.05, 0) is 29.8 Å². The number of fused-ring (bicyclic) bond motifs is 1.